The highest BCUT2D eigenvalue weighted by Crippen LogP contribution is 2.27. The molecule has 0 saturated carbocycles. The Bertz CT molecular complexity index is 1070. The smallest absolute Gasteiger partial charge is 0.250 e. The summed E-state index contributed by atoms with van der Waals surface area (Å²) in [6, 6.07) is 7.92. The molecule has 0 aromatic carbocycles. The molecular formula is C24H31N7O2. The van der Waals surface area contributed by atoms with Crippen molar-refractivity contribution in [1.29, 1.82) is 0 Å². The quantitative estimate of drug-likeness (QED) is 0.483. The van der Waals surface area contributed by atoms with Crippen molar-refractivity contribution in [2.45, 2.75) is 39.3 Å². The van der Waals surface area contributed by atoms with Crippen molar-refractivity contribution in [2.75, 3.05) is 31.6 Å². The van der Waals surface area contributed by atoms with Crippen molar-refractivity contribution in [3.05, 3.63) is 52.4 Å². The minimum Gasteiger partial charge on any atom is -0.395 e. The number of rotatable bonds is 8. The van der Waals surface area contributed by atoms with Crippen LogP contribution in [0.4, 0.5) is 11.6 Å². The summed E-state index contributed by atoms with van der Waals surface area (Å²) in [4.78, 5) is 28.5. The normalized spacial score (nSPS) is 15.0. The molecule has 9 heteroatoms. The Morgan fingerprint density at radius 1 is 1.24 bits per heavy atom. The summed E-state index contributed by atoms with van der Waals surface area (Å²) in [6.45, 7) is 5.17. The number of nitrogens with zero attached hydrogens (tertiary/aromatic N) is 4. The average molecular weight is 450 g/mol. The number of amides is 1. The number of fused-ring (bicyclic) bond motifs is 2. The van der Waals surface area contributed by atoms with Crippen molar-refractivity contribution in [2.24, 2.45) is 10.7 Å². The van der Waals surface area contributed by atoms with E-state index >= 15 is 0 Å². The van der Waals surface area contributed by atoms with Crippen molar-refractivity contribution in [3.63, 3.8) is 0 Å². The van der Waals surface area contributed by atoms with Crippen molar-refractivity contribution < 1.29 is 9.90 Å². The Hall–Kier alpha value is -3.30. The summed E-state index contributed by atoms with van der Waals surface area (Å²) >= 11 is 0. The summed E-state index contributed by atoms with van der Waals surface area (Å²) < 4.78 is 0. The monoisotopic (exact) mass is 449 g/mol. The van der Waals surface area contributed by atoms with Gasteiger partial charge in [-0.25, -0.2) is 9.98 Å². The van der Waals surface area contributed by atoms with Gasteiger partial charge in [0.1, 0.15) is 11.7 Å². The molecular weight excluding hydrogens is 418 g/mol. The molecule has 174 valence electrons. The summed E-state index contributed by atoms with van der Waals surface area (Å²) in [7, 11) is 0. The zero-order valence-electron chi connectivity index (χ0n) is 19.0. The first-order valence-electron chi connectivity index (χ1n) is 11.4. The van der Waals surface area contributed by atoms with E-state index in [1.54, 1.807) is 11.0 Å². The van der Waals surface area contributed by atoms with E-state index in [0.717, 1.165) is 42.9 Å². The molecule has 4 rings (SSSR count). The maximum absolute atomic E-state index is 13.0. The molecule has 9 nitrogen and oxygen atoms in total. The second-order valence-corrected chi connectivity index (χ2v) is 8.26. The molecule has 0 bridgehead atoms. The maximum Gasteiger partial charge on any atom is 0.250 e. The molecule has 0 fully saturated rings. The predicted octanol–water partition coefficient (Wildman–Crippen LogP) is 1.74. The fraction of sp³-hybridized carbons (Fsp3) is 0.417. The van der Waals surface area contributed by atoms with Gasteiger partial charge in [0.05, 0.1) is 18.8 Å². The molecule has 2 aromatic rings. The number of aliphatic imine (C=N–C) groups is 1. The number of hydrogen-bond donors (Lipinski definition) is 4. The number of anilines is 1. The molecule has 0 spiro atoms. The first kappa shape index (κ1) is 22.9. The molecule has 2 aliphatic rings. The number of pyridine rings is 2. The highest BCUT2D eigenvalue weighted by atomic mass is 16.3. The molecule has 0 unspecified atom stereocenters. The van der Waals surface area contributed by atoms with Gasteiger partial charge in [0.15, 0.2) is 5.82 Å². The fourth-order valence-corrected chi connectivity index (χ4v) is 4.08. The van der Waals surface area contributed by atoms with Crippen molar-refractivity contribution >= 4 is 29.5 Å². The van der Waals surface area contributed by atoms with Gasteiger partial charge in [-0.2, -0.15) is 0 Å². The number of hydrogen-bond acceptors (Lipinski definition) is 8. The molecule has 2 aromatic heterocycles. The van der Waals surface area contributed by atoms with E-state index in [-0.39, 0.29) is 18.9 Å². The molecule has 0 aliphatic carbocycles. The largest absolute Gasteiger partial charge is 0.395 e. The molecule has 0 radical (unpaired) electrons. The predicted molar refractivity (Wildman–Crippen MR) is 129 cm³/mol. The topological polar surface area (TPSA) is 129 Å². The van der Waals surface area contributed by atoms with Crippen LogP contribution in [-0.4, -0.2) is 58.0 Å². The SMILES string of the molecule is CCCN(CCO)C(=O)C1=Cc2ccc(NCc3ccc4c(n3)CCNC4)nc2N=C(N)C1. The number of amidine groups is 1. The summed E-state index contributed by atoms with van der Waals surface area (Å²) in [5.41, 5.74) is 10.8. The third kappa shape index (κ3) is 5.55. The summed E-state index contributed by atoms with van der Waals surface area (Å²) in [5, 5.41) is 16.0. The van der Waals surface area contributed by atoms with Gasteiger partial charge in [-0.05, 0) is 36.3 Å². The Balaban J connectivity index is 1.50. The van der Waals surface area contributed by atoms with E-state index in [1.807, 2.05) is 25.1 Å². The number of nitrogens with two attached hydrogens (primary N) is 1. The van der Waals surface area contributed by atoms with Gasteiger partial charge in [0.2, 0.25) is 5.91 Å². The Kier molecular flexibility index (Phi) is 7.31. The lowest BCUT2D eigenvalue weighted by Gasteiger charge is -2.22. The number of nitrogens with one attached hydrogen (secondary N) is 2. The summed E-state index contributed by atoms with van der Waals surface area (Å²) in [5.74, 6) is 1.35. The van der Waals surface area contributed by atoms with Crippen molar-refractivity contribution in [1.82, 2.24) is 20.2 Å². The Morgan fingerprint density at radius 2 is 2.12 bits per heavy atom. The minimum atomic E-state index is -0.132. The van der Waals surface area contributed by atoms with Crippen LogP contribution in [0, 0.1) is 0 Å². The van der Waals surface area contributed by atoms with Crippen LogP contribution in [0.15, 0.2) is 34.8 Å². The molecule has 0 saturated heterocycles. The maximum atomic E-state index is 13.0. The number of aliphatic hydroxyl groups excluding tert-OH is 1. The highest BCUT2D eigenvalue weighted by Gasteiger charge is 2.21. The zero-order valence-corrected chi connectivity index (χ0v) is 19.0. The van der Waals surface area contributed by atoms with Crippen molar-refractivity contribution in [3.8, 4) is 0 Å². The molecule has 0 atom stereocenters. The van der Waals surface area contributed by atoms with Crippen LogP contribution in [-0.2, 0) is 24.3 Å². The number of carbonyl (C=O) groups is 1. The van der Waals surface area contributed by atoms with E-state index in [0.29, 0.717) is 42.7 Å². The molecule has 33 heavy (non-hydrogen) atoms. The second kappa shape index (κ2) is 10.5. The molecule has 2 aliphatic heterocycles. The van der Waals surface area contributed by atoms with Crippen LogP contribution in [0.1, 0.15) is 42.3 Å². The van der Waals surface area contributed by atoms with Crippen LogP contribution in [0.2, 0.25) is 0 Å². The van der Waals surface area contributed by atoms with Crippen LogP contribution in [0.25, 0.3) is 6.08 Å². The van der Waals surface area contributed by atoms with Crippen LogP contribution < -0.4 is 16.4 Å². The minimum absolute atomic E-state index is 0.0776. The van der Waals surface area contributed by atoms with Gasteiger partial charge in [-0.3, -0.25) is 9.78 Å². The van der Waals surface area contributed by atoms with Crippen LogP contribution >= 0.6 is 0 Å². The lowest BCUT2D eigenvalue weighted by Crippen LogP contribution is -2.36. The van der Waals surface area contributed by atoms with Crippen LogP contribution in [0.5, 0.6) is 0 Å². The second-order valence-electron chi connectivity index (χ2n) is 8.26. The molecule has 4 heterocycles. The first-order chi connectivity index (χ1) is 16.1. The zero-order chi connectivity index (χ0) is 23.2. The first-order valence-corrected chi connectivity index (χ1v) is 11.4. The van der Waals surface area contributed by atoms with Gasteiger partial charge in [-0.1, -0.05) is 13.0 Å². The van der Waals surface area contributed by atoms with Gasteiger partial charge >= 0.3 is 0 Å². The Morgan fingerprint density at radius 3 is 2.94 bits per heavy atom. The van der Waals surface area contributed by atoms with E-state index in [1.165, 1.54) is 5.56 Å². The lowest BCUT2D eigenvalue weighted by atomic mass is 10.1. The van der Waals surface area contributed by atoms with Gasteiger partial charge < -0.3 is 26.4 Å². The number of carbonyl (C=O) groups excluding carboxylic acids is 1. The fourth-order valence-electron chi connectivity index (χ4n) is 4.08. The lowest BCUT2D eigenvalue weighted by molar-refractivity contribution is -0.127. The average Bonchev–Trinajstić information content (AvgIpc) is 2.99. The van der Waals surface area contributed by atoms with E-state index in [4.69, 9.17) is 10.7 Å². The van der Waals surface area contributed by atoms with E-state index in [9.17, 15) is 9.90 Å². The third-order valence-electron chi connectivity index (χ3n) is 5.71. The van der Waals surface area contributed by atoms with E-state index < -0.39 is 0 Å². The van der Waals surface area contributed by atoms with Crippen LogP contribution in [0.3, 0.4) is 0 Å². The number of aromatic nitrogens is 2. The Labute approximate surface area is 193 Å². The van der Waals surface area contributed by atoms with Gasteiger partial charge in [0.25, 0.3) is 0 Å². The van der Waals surface area contributed by atoms with Gasteiger partial charge in [0, 0.05) is 55.9 Å². The van der Waals surface area contributed by atoms with E-state index in [2.05, 4.69) is 26.7 Å². The standard InChI is InChI=1S/C24H31N7O2/c1-2-9-31(10-11-32)24(33)18-12-16-4-6-22(30-23(16)29-21(25)13-18)27-15-19-5-3-17-14-26-8-7-20(17)28-19/h3-6,12,26,32H,2,7-11,13-15H2,1H3,(H3,25,27,29,30). The number of aliphatic hydroxyl groups is 1. The highest BCUT2D eigenvalue weighted by molar-refractivity contribution is 6.05. The third-order valence-corrected chi connectivity index (χ3v) is 5.71. The molecule has 1 amide bonds. The molecule has 5 N–H and O–H groups in total. The van der Waals surface area contributed by atoms with Gasteiger partial charge in [-0.15, -0.1) is 0 Å². The summed E-state index contributed by atoms with van der Waals surface area (Å²) in [6.07, 6.45) is 3.80.